The van der Waals surface area contributed by atoms with Crippen molar-refractivity contribution >= 4 is 31.9 Å². The Hall–Kier alpha value is -0.570. The lowest BCUT2D eigenvalue weighted by Gasteiger charge is -2.11. The molecule has 1 rings (SSSR count). The minimum Gasteiger partial charge on any atom is -0.491 e. The second-order valence-corrected chi connectivity index (χ2v) is 5.25. The van der Waals surface area contributed by atoms with Gasteiger partial charge in [0.25, 0.3) is 0 Å². The Bertz CT molecular complexity index is 392. The molecule has 0 radical (unpaired) electrons. The first kappa shape index (κ1) is 14.5. The Morgan fingerprint density at radius 2 is 1.94 bits per heavy atom. The van der Waals surface area contributed by atoms with E-state index in [1.54, 1.807) is 0 Å². The summed E-state index contributed by atoms with van der Waals surface area (Å²) < 4.78 is 7.45. The van der Waals surface area contributed by atoms with E-state index in [1.807, 2.05) is 12.1 Å². The van der Waals surface area contributed by atoms with E-state index in [0.717, 1.165) is 33.1 Å². The predicted octanol–water partition coefficient (Wildman–Crippen LogP) is 3.40. The summed E-state index contributed by atoms with van der Waals surface area (Å²) in [6.45, 7) is 1.17. The molecule has 0 fully saturated rings. The van der Waals surface area contributed by atoms with Gasteiger partial charge in [-0.3, -0.25) is 0 Å². The van der Waals surface area contributed by atoms with Crippen LogP contribution in [-0.2, 0) is 6.42 Å². The quantitative estimate of drug-likeness (QED) is 0.790. The molecule has 1 aromatic rings. The molecule has 17 heavy (non-hydrogen) atoms. The smallest absolute Gasteiger partial charge is 0.147 e. The van der Waals surface area contributed by atoms with Crippen LogP contribution in [0.5, 0.6) is 5.75 Å². The molecule has 0 unspecified atom stereocenters. The minimum atomic E-state index is 0.514. The van der Waals surface area contributed by atoms with Gasteiger partial charge in [0.05, 0.1) is 21.6 Å². The lowest BCUT2D eigenvalue weighted by molar-refractivity contribution is 0.309. The summed E-state index contributed by atoms with van der Waals surface area (Å²) in [4.78, 5) is 0. The van der Waals surface area contributed by atoms with E-state index in [4.69, 9.17) is 15.7 Å². The zero-order valence-electron chi connectivity index (χ0n) is 9.38. The van der Waals surface area contributed by atoms with E-state index < -0.39 is 0 Å². The molecule has 0 atom stereocenters. The first-order valence-corrected chi connectivity index (χ1v) is 6.95. The van der Waals surface area contributed by atoms with Gasteiger partial charge in [0, 0.05) is 6.42 Å². The number of nitrogens with zero attached hydrogens (tertiary/aromatic N) is 1. The molecule has 0 amide bonds. The van der Waals surface area contributed by atoms with Crippen LogP contribution < -0.4 is 10.5 Å². The summed E-state index contributed by atoms with van der Waals surface area (Å²) in [5.41, 5.74) is 6.68. The molecule has 0 spiro atoms. The van der Waals surface area contributed by atoms with Crippen LogP contribution in [0.1, 0.15) is 18.4 Å². The Morgan fingerprint density at radius 3 is 2.47 bits per heavy atom. The number of unbranched alkanes of at least 4 members (excludes halogenated alkanes) is 1. The molecule has 5 heteroatoms. The SMILES string of the molecule is N#CCCCOc1c(Br)cc(CCN)cc1Br. The number of nitrogens with two attached hydrogens (primary N) is 1. The van der Waals surface area contributed by atoms with Crippen molar-refractivity contribution < 1.29 is 4.74 Å². The van der Waals surface area contributed by atoms with E-state index in [2.05, 4.69) is 37.9 Å². The average molecular weight is 362 g/mol. The predicted molar refractivity (Wildman–Crippen MR) is 74.9 cm³/mol. The van der Waals surface area contributed by atoms with Gasteiger partial charge >= 0.3 is 0 Å². The zero-order valence-corrected chi connectivity index (χ0v) is 12.6. The van der Waals surface area contributed by atoms with Gasteiger partial charge in [-0.1, -0.05) is 0 Å². The van der Waals surface area contributed by atoms with Crippen molar-refractivity contribution in [3.05, 3.63) is 26.6 Å². The van der Waals surface area contributed by atoms with Crippen molar-refractivity contribution in [2.45, 2.75) is 19.3 Å². The molecule has 0 bridgehead atoms. The van der Waals surface area contributed by atoms with Gasteiger partial charge in [-0.05, 0) is 68.9 Å². The number of benzene rings is 1. The zero-order chi connectivity index (χ0) is 12.7. The normalized spacial score (nSPS) is 10.0. The van der Waals surface area contributed by atoms with E-state index in [9.17, 15) is 0 Å². The summed E-state index contributed by atoms with van der Waals surface area (Å²) in [7, 11) is 0. The maximum atomic E-state index is 8.43. The molecule has 2 N–H and O–H groups in total. The number of nitriles is 1. The highest BCUT2D eigenvalue weighted by Gasteiger charge is 2.08. The van der Waals surface area contributed by atoms with Crippen LogP contribution in [0.4, 0.5) is 0 Å². The fourth-order valence-corrected chi connectivity index (χ4v) is 2.90. The third-order valence-electron chi connectivity index (χ3n) is 2.17. The lowest BCUT2D eigenvalue weighted by atomic mass is 10.1. The van der Waals surface area contributed by atoms with Crippen molar-refractivity contribution in [2.75, 3.05) is 13.2 Å². The second kappa shape index (κ2) is 7.70. The van der Waals surface area contributed by atoms with Crippen LogP contribution in [0, 0.1) is 11.3 Å². The molecule has 0 aliphatic rings. The van der Waals surface area contributed by atoms with Gasteiger partial charge in [0.15, 0.2) is 0 Å². The van der Waals surface area contributed by atoms with Crippen molar-refractivity contribution in [1.82, 2.24) is 0 Å². The molecule has 0 saturated carbocycles. The highest BCUT2D eigenvalue weighted by Crippen LogP contribution is 2.35. The van der Waals surface area contributed by atoms with Gasteiger partial charge in [-0.2, -0.15) is 5.26 Å². The third kappa shape index (κ3) is 4.66. The molecule has 0 aliphatic heterocycles. The van der Waals surface area contributed by atoms with Crippen molar-refractivity contribution in [1.29, 1.82) is 5.26 Å². The average Bonchev–Trinajstić information content (AvgIpc) is 2.27. The third-order valence-corrected chi connectivity index (χ3v) is 3.35. The molecule has 0 aliphatic carbocycles. The Morgan fingerprint density at radius 1 is 1.29 bits per heavy atom. The van der Waals surface area contributed by atoms with Crippen LogP contribution in [0.15, 0.2) is 21.1 Å². The Labute approximate surface area is 118 Å². The molecule has 0 heterocycles. The highest BCUT2D eigenvalue weighted by molar-refractivity contribution is 9.11. The van der Waals surface area contributed by atoms with Crippen molar-refractivity contribution in [3.63, 3.8) is 0 Å². The fourth-order valence-electron chi connectivity index (χ4n) is 1.39. The van der Waals surface area contributed by atoms with Gasteiger partial charge in [0.2, 0.25) is 0 Å². The van der Waals surface area contributed by atoms with Crippen LogP contribution in [0.2, 0.25) is 0 Å². The van der Waals surface area contributed by atoms with Crippen molar-refractivity contribution in [3.8, 4) is 11.8 Å². The number of halogens is 2. The van der Waals surface area contributed by atoms with Gasteiger partial charge in [0.1, 0.15) is 5.75 Å². The van der Waals surface area contributed by atoms with Crippen LogP contribution >= 0.6 is 31.9 Å². The summed E-state index contributed by atoms with van der Waals surface area (Å²) in [5, 5.41) is 8.43. The molecular formula is C12H14Br2N2O. The summed E-state index contributed by atoms with van der Waals surface area (Å²) >= 11 is 6.95. The minimum absolute atomic E-state index is 0.514. The molecule has 92 valence electrons. The summed E-state index contributed by atoms with van der Waals surface area (Å²) in [6.07, 6.45) is 2.09. The fraction of sp³-hybridized carbons (Fsp3) is 0.417. The first-order valence-electron chi connectivity index (χ1n) is 5.36. The molecule has 0 saturated heterocycles. The molecule has 1 aromatic carbocycles. The maximum absolute atomic E-state index is 8.43. The van der Waals surface area contributed by atoms with E-state index >= 15 is 0 Å². The highest BCUT2D eigenvalue weighted by atomic mass is 79.9. The monoisotopic (exact) mass is 360 g/mol. The lowest BCUT2D eigenvalue weighted by Crippen LogP contribution is -2.04. The van der Waals surface area contributed by atoms with Crippen molar-refractivity contribution in [2.24, 2.45) is 5.73 Å². The number of hydrogen-bond acceptors (Lipinski definition) is 3. The molecule has 0 aromatic heterocycles. The van der Waals surface area contributed by atoms with Gasteiger partial charge in [-0.15, -0.1) is 0 Å². The van der Waals surface area contributed by atoms with Gasteiger partial charge in [-0.25, -0.2) is 0 Å². The number of ether oxygens (including phenoxy) is 1. The van der Waals surface area contributed by atoms with Gasteiger partial charge < -0.3 is 10.5 Å². The van der Waals surface area contributed by atoms with Crippen LogP contribution in [0.25, 0.3) is 0 Å². The number of rotatable bonds is 6. The molecular weight excluding hydrogens is 348 g/mol. The standard InChI is InChI=1S/C12H14Br2N2O/c13-10-7-9(3-5-16)8-11(14)12(10)17-6-2-1-4-15/h7-8H,1-3,5-6,16H2. The summed E-state index contributed by atoms with van der Waals surface area (Å²) in [5.74, 6) is 0.781. The number of hydrogen-bond donors (Lipinski definition) is 1. The second-order valence-electron chi connectivity index (χ2n) is 3.54. The topological polar surface area (TPSA) is 59.0 Å². The van der Waals surface area contributed by atoms with E-state index in [1.165, 1.54) is 0 Å². The maximum Gasteiger partial charge on any atom is 0.147 e. The van der Waals surface area contributed by atoms with Crippen LogP contribution in [-0.4, -0.2) is 13.2 Å². The first-order chi connectivity index (χ1) is 8.19. The van der Waals surface area contributed by atoms with E-state index in [-0.39, 0.29) is 0 Å². The largest absolute Gasteiger partial charge is 0.491 e. The molecule has 3 nitrogen and oxygen atoms in total. The van der Waals surface area contributed by atoms with Crippen LogP contribution in [0.3, 0.4) is 0 Å². The Balaban J connectivity index is 2.69. The summed E-state index contributed by atoms with van der Waals surface area (Å²) in [6, 6.07) is 6.11. The Kier molecular flexibility index (Phi) is 6.56. The van der Waals surface area contributed by atoms with E-state index in [0.29, 0.717) is 19.6 Å².